The smallest absolute Gasteiger partial charge is 0.223 e. The van der Waals surface area contributed by atoms with Gasteiger partial charge in [0.2, 0.25) is 5.91 Å². The second-order valence-corrected chi connectivity index (χ2v) is 7.21. The van der Waals surface area contributed by atoms with Gasteiger partial charge in [0.05, 0.1) is 0 Å². The number of hydrogen-bond acceptors (Lipinski definition) is 2. The minimum absolute atomic E-state index is 0.0175. The summed E-state index contributed by atoms with van der Waals surface area (Å²) >= 11 is 0. The van der Waals surface area contributed by atoms with Crippen molar-refractivity contribution in [3.05, 3.63) is 35.6 Å². The van der Waals surface area contributed by atoms with E-state index in [0.717, 1.165) is 18.4 Å². The summed E-state index contributed by atoms with van der Waals surface area (Å²) in [7, 11) is 0. The highest BCUT2D eigenvalue weighted by Crippen LogP contribution is 2.50. The Bertz CT molecular complexity index is 573. The molecule has 1 amide bonds. The van der Waals surface area contributed by atoms with Crippen molar-refractivity contribution in [1.29, 1.82) is 0 Å². The van der Waals surface area contributed by atoms with Crippen LogP contribution >= 0.6 is 0 Å². The lowest BCUT2D eigenvalue weighted by Crippen LogP contribution is -2.45. The van der Waals surface area contributed by atoms with Crippen molar-refractivity contribution in [2.75, 3.05) is 6.61 Å². The first-order chi connectivity index (χ1) is 10.7. The van der Waals surface area contributed by atoms with Crippen molar-refractivity contribution in [2.45, 2.75) is 37.6 Å². The van der Waals surface area contributed by atoms with Gasteiger partial charge in [-0.2, -0.15) is 0 Å². The SMILES string of the molecule is O=C(NC1C2CCC(C2)C1CO)C1CC1c1ccc(F)cc1. The fourth-order valence-electron chi connectivity index (χ4n) is 4.73. The van der Waals surface area contributed by atoms with Crippen molar-refractivity contribution in [3.8, 4) is 0 Å². The summed E-state index contributed by atoms with van der Waals surface area (Å²) in [5.41, 5.74) is 1.05. The van der Waals surface area contributed by atoms with Crippen LogP contribution < -0.4 is 5.32 Å². The van der Waals surface area contributed by atoms with E-state index in [0.29, 0.717) is 11.8 Å². The minimum atomic E-state index is -0.238. The van der Waals surface area contributed by atoms with Crippen LogP contribution in [0, 0.1) is 29.5 Å². The van der Waals surface area contributed by atoms with E-state index in [2.05, 4.69) is 5.32 Å². The highest BCUT2D eigenvalue weighted by molar-refractivity contribution is 5.83. The standard InChI is InChI=1S/C18H22FNO2/c19-13-5-3-10(4-6-13)14-8-15(14)18(22)20-17-12-2-1-11(7-12)16(17)9-21/h3-6,11-12,14-17,21H,1-2,7-9H2,(H,20,22). The van der Waals surface area contributed by atoms with Gasteiger partial charge in [0.15, 0.2) is 0 Å². The fourth-order valence-corrected chi connectivity index (χ4v) is 4.73. The normalized spacial score (nSPS) is 39.0. The number of fused-ring (bicyclic) bond motifs is 2. The van der Waals surface area contributed by atoms with Crippen molar-refractivity contribution in [1.82, 2.24) is 5.32 Å². The number of aliphatic hydroxyl groups excluding tert-OH is 1. The molecule has 0 heterocycles. The molecule has 0 spiro atoms. The fraction of sp³-hybridized carbons (Fsp3) is 0.611. The molecule has 0 saturated heterocycles. The maximum absolute atomic E-state index is 13.0. The predicted octanol–water partition coefficient (Wildman–Crippen LogP) is 2.45. The molecule has 3 saturated carbocycles. The summed E-state index contributed by atoms with van der Waals surface area (Å²) in [6.07, 6.45) is 4.38. The number of aliphatic hydroxyl groups is 1. The third-order valence-electron chi connectivity index (χ3n) is 6.03. The van der Waals surface area contributed by atoms with E-state index in [4.69, 9.17) is 0 Å². The summed E-state index contributed by atoms with van der Waals surface area (Å²) in [4.78, 5) is 12.5. The maximum Gasteiger partial charge on any atom is 0.223 e. The van der Waals surface area contributed by atoms with Crippen molar-refractivity contribution >= 4 is 5.91 Å². The van der Waals surface area contributed by atoms with E-state index in [1.165, 1.54) is 25.0 Å². The van der Waals surface area contributed by atoms with Gasteiger partial charge in [0.1, 0.15) is 5.82 Å². The average molecular weight is 303 g/mol. The molecule has 3 fully saturated rings. The second kappa shape index (κ2) is 5.34. The molecule has 6 atom stereocenters. The minimum Gasteiger partial charge on any atom is -0.396 e. The molecule has 0 radical (unpaired) electrons. The zero-order valence-electron chi connectivity index (χ0n) is 12.5. The van der Waals surface area contributed by atoms with E-state index in [-0.39, 0.29) is 42.1 Å². The highest BCUT2D eigenvalue weighted by Gasteiger charge is 2.50. The number of rotatable bonds is 4. The Balaban J connectivity index is 1.38. The van der Waals surface area contributed by atoms with Crippen LogP contribution in [0.5, 0.6) is 0 Å². The Morgan fingerprint density at radius 1 is 1.18 bits per heavy atom. The number of carbonyl (C=O) groups is 1. The topological polar surface area (TPSA) is 49.3 Å². The largest absolute Gasteiger partial charge is 0.396 e. The van der Waals surface area contributed by atoms with Gasteiger partial charge in [-0.3, -0.25) is 4.79 Å². The van der Waals surface area contributed by atoms with Gasteiger partial charge >= 0.3 is 0 Å². The number of amides is 1. The van der Waals surface area contributed by atoms with E-state index in [1.807, 2.05) is 0 Å². The molecule has 118 valence electrons. The summed E-state index contributed by atoms with van der Waals surface area (Å²) in [6, 6.07) is 6.63. The third kappa shape index (κ3) is 2.34. The zero-order chi connectivity index (χ0) is 15.3. The maximum atomic E-state index is 13.0. The molecule has 3 aliphatic carbocycles. The lowest BCUT2D eigenvalue weighted by Gasteiger charge is -2.30. The molecular weight excluding hydrogens is 281 g/mol. The van der Waals surface area contributed by atoms with E-state index in [9.17, 15) is 14.3 Å². The van der Waals surface area contributed by atoms with Gasteiger partial charge in [-0.1, -0.05) is 12.1 Å². The van der Waals surface area contributed by atoms with E-state index in [1.54, 1.807) is 12.1 Å². The second-order valence-electron chi connectivity index (χ2n) is 7.21. The van der Waals surface area contributed by atoms with Crippen LogP contribution in [0.25, 0.3) is 0 Å². The van der Waals surface area contributed by atoms with E-state index >= 15 is 0 Å². The van der Waals surface area contributed by atoms with Gasteiger partial charge in [-0.05, 0) is 61.1 Å². The van der Waals surface area contributed by atoms with Crippen LogP contribution in [0.2, 0.25) is 0 Å². The van der Waals surface area contributed by atoms with Crippen molar-refractivity contribution in [2.24, 2.45) is 23.7 Å². The molecule has 1 aromatic carbocycles. The molecule has 4 heteroatoms. The van der Waals surface area contributed by atoms with Crippen LogP contribution in [-0.4, -0.2) is 23.7 Å². The number of hydrogen-bond donors (Lipinski definition) is 2. The van der Waals surface area contributed by atoms with Gasteiger partial charge in [-0.25, -0.2) is 4.39 Å². The molecule has 1 aromatic rings. The zero-order valence-corrected chi connectivity index (χ0v) is 12.5. The molecule has 2 N–H and O–H groups in total. The Morgan fingerprint density at radius 2 is 1.91 bits per heavy atom. The number of benzene rings is 1. The van der Waals surface area contributed by atoms with Gasteiger partial charge in [0.25, 0.3) is 0 Å². The molecule has 6 unspecified atom stereocenters. The van der Waals surface area contributed by atoms with Crippen LogP contribution in [0.4, 0.5) is 4.39 Å². The molecular formula is C18H22FNO2. The van der Waals surface area contributed by atoms with Crippen molar-refractivity contribution < 1.29 is 14.3 Å². The van der Waals surface area contributed by atoms with Crippen LogP contribution in [0.15, 0.2) is 24.3 Å². The van der Waals surface area contributed by atoms with Crippen LogP contribution in [0.1, 0.15) is 37.2 Å². The van der Waals surface area contributed by atoms with Crippen LogP contribution in [-0.2, 0) is 4.79 Å². The predicted molar refractivity (Wildman–Crippen MR) is 80.6 cm³/mol. The van der Waals surface area contributed by atoms with Gasteiger partial charge < -0.3 is 10.4 Å². The molecule has 2 bridgehead atoms. The quantitative estimate of drug-likeness (QED) is 0.897. The molecule has 0 aromatic heterocycles. The van der Waals surface area contributed by atoms with E-state index < -0.39 is 0 Å². The highest BCUT2D eigenvalue weighted by atomic mass is 19.1. The van der Waals surface area contributed by atoms with Crippen LogP contribution in [0.3, 0.4) is 0 Å². The summed E-state index contributed by atoms with van der Waals surface area (Å²) in [6.45, 7) is 0.179. The molecule has 4 rings (SSSR count). The third-order valence-corrected chi connectivity index (χ3v) is 6.03. The lowest BCUT2D eigenvalue weighted by molar-refractivity contribution is -0.124. The molecule has 0 aliphatic heterocycles. The monoisotopic (exact) mass is 303 g/mol. The average Bonchev–Trinajstić information content (AvgIpc) is 3.08. The first kappa shape index (κ1) is 14.2. The Labute approximate surface area is 129 Å². The first-order valence-electron chi connectivity index (χ1n) is 8.34. The molecule has 3 nitrogen and oxygen atoms in total. The first-order valence-corrected chi connectivity index (χ1v) is 8.34. The molecule has 22 heavy (non-hydrogen) atoms. The summed E-state index contributed by atoms with van der Waals surface area (Å²) in [5.74, 6) is 1.51. The lowest BCUT2D eigenvalue weighted by atomic mass is 9.85. The molecule has 3 aliphatic rings. The Morgan fingerprint density at radius 3 is 2.64 bits per heavy atom. The van der Waals surface area contributed by atoms with Crippen molar-refractivity contribution in [3.63, 3.8) is 0 Å². The number of nitrogens with one attached hydrogen (secondary N) is 1. The van der Waals surface area contributed by atoms with Gasteiger partial charge in [-0.15, -0.1) is 0 Å². The summed E-state index contributed by atoms with van der Waals surface area (Å²) < 4.78 is 13.0. The Kier molecular flexibility index (Phi) is 3.44. The summed E-state index contributed by atoms with van der Waals surface area (Å²) in [5, 5.41) is 12.8. The number of carbonyl (C=O) groups excluding carboxylic acids is 1. The number of halogens is 1. The Hall–Kier alpha value is -1.42. The van der Waals surface area contributed by atoms with Gasteiger partial charge in [0, 0.05) is 24.5 Å².